The third kappa shape index (κ3) is 10.3. The summed E-state index contributed by atoms with van der Waals surface area (Å²) in [4.78, 5) is 35.1. The fraction of sp³-hybridized carbons (Fsp3) is 0.450. The Morgan fingerprint density at radius 2 is 1.85 bits per heavy atom. The number of amides is 3. The summed E-state index contributed by atoms with van der Waals surface area (Å²) in [7, 11) is 0. The lowest BCUT2D eigenvalue weighted by molar-refractivity contribution is -0.118. The van der Waals surface area contributed by atoms with Crippen LogP contribution in [0.5, 0.6) is 0 Å². The van der Waals surface area contributed by atoms with Gasteiger partial charge in [0.1, 0.15) is 0 Å². The molecule has 0 saturated carbocycles. The maximum Gasteiger partial charge on any atom is 0.315 e. The molecule has 0 heterocycles. The van der Waals surface area contributed by atoms with E-state index in [1.54, 1.807) is 0 Å². The van der Waals surface area contributed by atoms with Gasteiger partial charge in [0.2, 0.25) is 5.91 Å². The standard InChI is InChI=1S/C20H29N3O3/c1-2-3-4-8-13-22-20(26)23-17(15-19(21)25)11-12-18(24)14-16-9-6-5-7-10-16/h5-7,9-12,17H,2-4,8,13-15H2,1H3,(H2,21,25)(H2,22,23,26)/b12-11-. The maximum atomic E-state index is 12.0. The van der Waals surface area contributed by atoms with Crippen molar-refractivity contribution in [3.63, 3.8) is 0 Å². The van der Waals surface area contributed by atoms with Gasteiger partial charge < -0.3 is 16.4 Å². The number of primary amides is 1. The van der Waals surface area contributed by atoms with Crippen LogP contribution < -0.4 is 16.4 Å². The number of nitrogens with one attached hydrogen (secondary N) is 2. The van der Waals surface area contributed by atoms with Gasteiger partial charge in [-0.25, -0.2) is 4.79 Å². The van der Waals surface area contributed by atoms with Crippen LogP contribution in [0.25, 0.3) is 0 Å². The van der Waals surface area contributed by atoms with Crippen LogP contribution in [-0.4, -0.2) is 30.3 Å². The number of hydrogen-bond acceptors (Lipinski definition) is 3. The highest BCUT2D eigenvalue weighted by Crippen LogP contribution is 2.02. The quantitative estimate of drug-likeness (QED) is 0.395. The molecule has 6 nitrogen and oxygen atoms in total. The van der Waals surface area contributed by atoms with Crippen LogP contribution >= 0.6 is 0 Å². The number of carbonyl (C=O) groups excluding carboxylic acids is 3. The second-order valence-corrected chi connectivity index (χ2v) is 6.23. The van der Waals surface area contributed by atoms with Crippen molar-refractivity contribution in [2.45, 2.75) is 51.5 Å². The number of rotatable bonds is 12. The molecule has 0 aromatic heterocycles. The van der Waals surface area contributed by atoms with Crippen LogP contribution in [0, 0.1) is 0 Å². The highest BCUT2D eigenvalue weighted by molar-refractivity contribution is 5.91. The number of carbonyl (C=O) groups is 3. The normalized spacial score (nSPS) is 11.9. The SMILES string of the molecule is CCCCCCNC(=O)NC(/C=C\C(=O)Cc1ccccc1)CC(N)=O. The van der Waals surface area contributed by atoms with Gasteiger partial charge in [0, 0.05) is 13.0 Å². The first-order valence-corrected chi connectivity index (χ1v) is 9.09. The Balaban J connectivity index is 2.47. The van der Waals surface area contributed by atoms with E-state index in [0.717, 1.165) is 31.2 Å². The first-order valence-electron chi connectivity index (χ1n) is 9.09. The van der Waals surface area contributed by atoms with Gasteiger partial charge in [0.25, 0.3) is 0 Å². The second kappa shape index (κ2) is 12.7. The molecule has 1 atom stereocenters. The molecular weight excluding hydrogens is 330 g/mol. The fourth-order valence-electron chi connectivity index (χ4n) is 2.44. The van der Waals surface area contributed by atoms with Crippen molar-refractivity contribution in [3.8, 4) is 0 Å². The summed E-state index contributed by atoms with van der Waals surface area (Å²) < 4.78 is 0. The van der Waals surface area contributed by atoms with E-state index in [2.05, 4.69) is 17.6 Å². The summed E-state index contributed by atoms with van der Waals surface area (Å²) in [5.41, 5.74) is 6.13. The molecule has 1 unspecified atom stereocenters. The maximum absolute atomic E-state index is 12.0. The van der Waals surface area contributed by atoms with E-state index < -0.39 is 11.9 Å². The minimum atomic E-state index is -0.608. The molecule has 0 spiro atoms. The van der Waals surface area contributed by atoms with Crippen LogP contribution in [-0.2, 0) is 16.0 Å². The fourth-order valence-corrected chi connectivity index (χ4v) is 2.44. The lowest BCUT2D eigenvalue weighted by Gasteiger charge is -2.14. The number of benzene rings is 1. The van der Waals surface area contributed by atoms with Gasteiger partial charge >= 0.3 is 6.03 Å². The molecule has 142 valence electrons. The molecule has 0 bridgehead atoms. The van der Waals surface area contributed by atoms with E-state index >= 15 is 0 Å². The summed E-state index contributed by atoms with van der Waals surface area (Å²) in [6, 6.07) is 8.39. The third-order valence-electron chi connectivity index (χ3n) is 3.79. The number of allylic oxidation sites excluding steroid dienone is 1. The monoisotopic (exact) mass is 359 g/mol. The molecule has 0 aliphatic heterocycles. The van der Waals surface area contributed by atoms with Crippen LogP contribution in [0.2, 0.25) is 0 Å². The molecule has 0 fully saturated rings. The smallest absolute Gasteiger partial charge is 0.315 e. The van der Waals surface area contributed by atoms with Crippen LogP contribution in [0.4, 0.5) is 4.79 Å². The van der Waals surface area contributed by atoms with Crippen molar-refractivity contribution in [2.24, 2.45) is 5.73 Å². The number of ketones is 1. The third-order valence-corrected chi connectivity index (χ3v) is 3.79. The summed E-state index contributed by atoms with van der Waals surface area (Å²) in [5.74, 6) is -0.647. The summed E-state index contributed by atoms with van der Waals surface area (Å²) in [5, 5.41) is 5.42. The molecule has 3 amide bonds. The number of urea groups is 1. The van der Waals surface area contributed by atoms with Gasteiger partial charge in [0.05, 0.1) is 12.5 Å². The minimum absolute atomic E-state index is 0.0572. The van der Waals surface area contributed by atoms with Crippen molar-refractivity contribution in [1.29, 1.82) is 0 Å². The Morgan fingerprint density at radius 1 is 1.12 bits per heavy atom. The van der Waals surface area contributed by atoms with Gasteiger partial charge in [-0.3, -0.25) is 9.59 Å². The van der Waals surface area contributed by atoms with Crippen molar-refractivity contribution in [1.82, 2.24) is 10.6 Å². The average Bonchev–Trinajstić information content (AvgIpc) is 2.60. The number of hydrogen-bond donors (Lipinski definition) is 3. The Bertz CT molecular complexity index is 600. The van der Waals surface area contributed by atoms with E-state index in [-0.39, 0.29) is 24.7 Å². The van der Waals surface area contributed by atoms with Crippen molar-refractivity contribution in [2.75, 3.05) is 6.54 Å². The molecule has 0 aliphatic carbocycles. The average molecular weight is 359 g/mol. The second-order valence-electron chi connectivity index (χ2n) is 6.23. The number of unbranched alkanes of at least 4 members (excludes halogenated alkanes) is 3. The molecule has 1 rings (SSSR count). The van der Waals surface area contributed by atoms with Gasteiger partial charge in [-0.2, -0.15) is 0 Å². The lowest BCUT2D eigenvalue weighted by Crippen LogP contribution is -2.43. The van der Waals surface area contributed by atoms with E-state index in [9.17, 15) is 14.4 Å². The Labute approximate surface area is 155 Å². The Kier molecular flexibility index (Phi) is 10.5. The van der Waals surface area contributed by atoms with Crippen molar-refractivity contribution < 1.29 is 14.4 Å². The van der Waals surface area contributed by atoms with E-state index in [1.807, 2.05) is 30.3 Å². The summed E-state index contributed by atoms with van der Waals surface area (Å²) in [6.45, 7) is 2.70. The molecule has 1 aromatic rings. The molecule has 0 radical (unpaired) electrons. The predicted molar refractivity (Wildman–Crippen MR) is 103 cm³/mol. The molecule has 6 heteroatoms. The molecule has 26 heavy (non-hydrogen) atoms. The topological polar surface area (TPSA) is 101 Å². The molecule has 4 N–H and O–H groups in total. The first-order chi connectivity index (χ1) is 12.5. The first kappa shape index (κ1) is 21.4. The van der Waals surface area contributed by atoms with E-state index in [0.29, 0.717) is 6.54 Å². The van der Waals surface area contributed by atoms with Crippen LogP contribution in [0.1, 0.15) is 44.6 Å². The number of nitrogens with two attached hydrogens (primary N) is 1. The van der Waals surface area contributed by atoms with E-state index in [4.69, 9.17) is 5.73 Å². The van der Waals surface area contributed by atoms with Gasteiger partial charge in [-0.05, 0) is 18.1 Å². The summed E-state index contributed by atoms with van der Waals surface area (Å²) >= 11 is 0. The predicted octanol–water partition coefficient (Wildman–Crippen LogP) is 2.48. The Hall–Kier alpha value is -2.63. The van der Waals surface area contributed by atoms with Gasteiger partial charge in [-0.1, -0.05) is 62.6 Å². The largest absolute Gasteiger partial charge is 0.370 e. The van der Waals surface area contributed by atoms with E-state index in [1.165, 1.54) is 12.2 Å². The molecular formula is C20H29N3O3. The van der Waals surface area contributed by atoms with Crippen LogP contribution in [0.15, 0.2) is 42.5 Å². The zero-order valence-corrected chi connectivity index (χ0v) is 15.4. The Morgan fingerprint density at radius 3 is 2.50 bits per heavy atom. The van der Waals surface area contributed by atoms with Gasteiger partial charge in [-0.15, -0.1) is 0 Å². The zero-order chi connectivity index (χ0) is 19.2. The minimum Gasteiger partial charge on any atom is -0.370 e. The van der Waals surface area contributed by atoms with Gasteiger partial charge in [0.15, 0.2) is 5.78 Å². The van der Waals surface area contributed by atoms with Crippen LogP contribution in [0.3, 0.4) is 0 Å². The summed E-state index contributed by atoms with van der Waals surface area (Å²) in [6.07, 6.45) is 7.37. The highest BCUT2D eigenvalue weighted by Gasteiger charge is 2.12. The zero-order valence-electron chi connectivity index (χ0n) is 15.4. The lowest BCUT2D eigenvalue weighted by atomic mass is 10.1. The van der Waals surface area contributed by atoms with Crippen molar-refractivity contribution in [3.05, 3.63) is 48.0 Å². The highest BCUT2D eigenvalue weighted by atomic mass is 16.2. The molecule has 1 aromatic carbocycles. The van der Waals surface area contributed by atoms with Crippen molar-refractivity contribution >= 4 is 17.7 Å². The molecule has 0 saturated heterocycles. The molecule has 0 aliphatic rings.